The van der Waals surface area contributed by atoms with Crippen LogP contribution in [0.5, 0.6) is 0 Å². The second-order valence-electron chi connectivity index (χ2n) is 4.43. The molecule has 3 nitrogen and oxygen atoms in total. The highest BCUT2D eigenvalue weighted by atomic mass is 19.1. The molecule has 19 heavy (non-hydrogen) atoms. The Hall–Kier alpha value is -2.43. The lowest BCUT2D eigenvalue weighted by Gasteiger charge is -2.07. The molecule has 96 valence electrons. The molecule has 5 heteroatoms. The Labute approximate surface area is 108 Å². The molecule has 0 spiro atoms. The van der Waals surface area contributed by atoms with Crippen LogP contribution in [0.3, 0.4) is 0 Å². The quantitative estimate of drug-likeness (QED) is 0.729. The molecule has 0 bridgehead atoms. The molecule has 2 N–H and O–H groups in total. The summed E-state index contributed by atoms with van der Waals surface area (Å²) in [6, 6.07) is 8.88. The molecule has 1 heterocycles. The van der Waals surface area contributed by atoms with Gasteiger partial charge in [0.25, 0.3) is 0 Å². The van der Waals surface area contributed by atoms with E-state index < -0.39 is 11.6 Å². The van der Waals surface area contributed by atoms with Crippen LogP contribution in [-0.4, -0.2) is 9.55 Å². The van der Waals surface area contributed by atoms with E-state index in [0.29, 0.717) is 11.2 Å². The van der Waals surface area contributed by atoms with Crippen molar-refractivity contribution in [3.05, 3.63) is 53.6 Å². The normalized spacial score (nSPS) is 11.1. The number of benzene rings is 2. The minimum atomic E-state index is -0.649. The van der Waals surface area contributed by atoms with E-state index in [9.17, 15) is 8.78 Å². The molecule has 0 aliphatic heterocycles. The molecule has 2 aromatic carbocycles. The van der Waals surface area contributed by atoms with Gasteiger partial charge in [-0.1, -0.05) is 6.07 Å². The Bertz CT molecular complexity index is 757. The maximum atomic E-state index is 13.3. The van der Waals surface area contributed by atoms with Crippen molar-refractivity contribution in [1.29, 1.82) is 0 Å². The van der Waals surface area contributed by atoms with Gasteiger partial charge in [0.1, 0.15) is 11.6 Å². The molecule has 0 atom stereocenters. The third-order valence-electron chi connectivity index (χ3n) is 2.94. The molecule has 0 amide bonds. The molecule has 0 saturated heterocycles. The lowest BCUT2D eigenvalue weighted by Crippen LogP contribution is -2.01. The second-order valence-corrected chi connectivity index (χ2v) is 4.43. The summed E-state index contributed by atoms with van der Waals surface area (Å²) in [6.07, 6.45) is 0. The Balaban J connectivity index is 2.35. The average molecular weight is 259 g/mol. The number of aromatic nitrogens is 2. The Kier molecular flexibility index (Phi) is 2.48. The molecule has 0 radical (unpaired) electrons. The summed E-state index contributed by atoms with van der Waals surface area (Å²) < 4.78 is 28.2. The highest BCUT2D eigenvalue weighted by Crippen LogP contribution is 2.24. The number of nitrogens with two attached hydrogens (primary N) is 1. The molecule has 0 unspecified atom stereocenters. The number of hydrogen-bond acceptors (Lipinski definition) is 2. The summed E-state index contributed by atoms with van der Waals surface area (Å²) in [5.41, 5.74) is 8.60. The number of rotatable bonds is 1. The van der Waals surface area contributed by atoms with E-state index in [1.54, 1.807) is 0 Å². The number of nitrogen functional groups attached to an aromatic ring is 1. The molecule has 3 aromatic rings. The van der Waals surface area contributed by atoms with Gasteiger partial charge in [-0.15, -0.1) is 0 Å². The fraction of sp³-hybridized carbons (Fsp3) is 0.0714. The van der Waals surface area contributed by atoms with E-state index in [1.807, 2.05) is 25.1 Å². The van der Waals surface area contributed by atoms with E-state index in [0.717, 1.165) is 17.1 Å². The molecule has 0 aliphatic carbocycles. The highest BCUT2D eigenvalue weighted by Gasteiger charge is 2.11. The highest BCUT2D eigenvalue weighted by molar-refractivity contribution is 5.81. The van der Waals surface area contributed by atoms with Gasteiger partial charge in [0, 0.05) is 6.07 Å². The number of hydrogen-bond donors (Lipinski definition) is 1. The van der Waals surface area contributed by atoms with Gasteiger partial charge >= 0.3 is 0 Å². The maximum absolute atomic E-state index is 13.3. The van der Waals surface area contributed by atoms with E-state index in [2.05, 4.69) is 4.98 Å². The number of aryl methyl sites for hydroxylation is 1. The monoisotopic (exact) mass is 259 g/mol. The summed E-state index contributed by atoms with van der Waals surface area (Å²) in [7, 11) is 0. The minimum absolute atomic E-state index is 0.200. The molecule has 0 saturated carbocycles. The van der Waals surface area contributed by atoms with Crippen LogP contribution in [-0.2, 0) is 0 Å². The van der Waals surface area contributed by atoms with Crippen molar-refractivity contribution in [2.45, 2.75) is 6.92 Å². The van der Waals surface area contributed by atoms with Gasteiger partial charge in [-0.25, -0.2) is 13.8 Å². The van der Waals surface area contributed by atoms with E-state index in [1.165, 1.54) is 16.7 Å². The number of fused-ring (bicyclic) bond motifs is 1. The Morgan fingerprint density at radius 2 is 1.74 bits per heavy atom. The molecule has 0 aliphatic rings. The van der Waals surface area contributed by atoms with Gasteiger partial charge in [-0.2, -0.15) is 0 Å². The van der Waals surface area contributed by atoms with E-state index in [4.69, 9.17) is 5.73 Å². The SMILES string of the molecule is Cc1ccc2nc(N)n(-c3cc(F)cc(F)c3)c2c1. The minimum Gasteiger partial charge on any atom is -0.369 e. The topological polar surface area (TPSA) is 43.8 Å². The standard InChI is InChI=1S/C14H11F2N3/c1-8-2-3-12-13(4-8)19(14(17)18-12)11-6-9(15)5-10(16)7-11/h2-7H,1H3,(H2,17,18). The molecule has 1 aromatic heterocycles. The van der Waals surface area contributed by atoms with Gasteiger partial charge in [-0.05, 0) is 36.8 Å². The van der Waals surface area contributed by atoms with Crippen LogP contribution in [0.15, 0.2) is 36.4 Å². The summed E-state index contributed by atoms with van der Waals surface area (Å²) in [5, 5.41) is 0. The Morgan fingerprint density at radius 1 is 1.05 bits per heavy atom. The number of nitrogens with zero attached hydrogens (tertiary/aromatic N) is 2. The molecule has 0 fully saturated rings. The first-order valence-corrected chi connectivity index (χ1v) is 5.75. The predicted octanol–water partition coefficient (Wildman–Crippen LogP) is 3.19. The van der Waals surface area contributed by atoms with Crippen molar-refractivity contribution >= 4 is 17.0 Å². The smallest absolute Gasteiger partial charge is 0.205 e. The van der Waals surface area contributed by atoms with Crippen molar-refractivity contribution in [2.24, 2.45) is 0 Å². The largest absolute Gasteiger partial charge is 0.369 e. The van der Waals surface area contributed by atoms with Gasteiger partial charge in [0.15, 0.2) is 0 Å². The van der Waals surface area contributed by atoms with E-state index >= 15 is 0 Å². The fourth-order valence-electron chi connectivity index (χ4n) is 2.14. The van der Waals surface area contributed by atoms with Crippen molar-refractivity contribution in [3.63, 3.8) is 0 Å². The van der Waals surface area contributed by atoms with Crippen molar-refractivity contribution in [3.8, 4) is 5.69 Å². The van der Waals surface area contributed by atoms with Crippen LogP contribution < -0.4 is 5.73 Å². The lowest BCUT2D eigenvalue weighted by atomic mass is 10.2. The van der Waals surface area contributed by atoms with Crippen LogP contribution in [0.25, 0.3) is 16.7 Å². The molecular formula is C14H11F2N3. The van der Waals surface area contributed by atoms with Gasteiger partial charge in [-0.3, -0.25) is 4.57 Å². The molecule has 3 rings (SSSR count). The maximum Gasteiger partial charge on any atom is 0.205 e. The molecular weight excluding hydrogens is 248 g/mol. The third kappa shape index (κ3) is 1.93. The zero-order valence-electron chi connectivity index (χ0n) is 10.2. The van der Waals surface area contributed by atoms with Crippen molar-refractivity contribution in [1.82, 2.24) is 9.55 Å². The number of halogens is 2. The van der Waals surface area contributed by atoms with Gasteiger partial charge < -0.3 is 5.73 Å². The fourth-order valence-corrected chi connectivity index (χ4v) is 2.14. The summed E-state index contributed by atoms with van der Waals surface area (Å²) in [6.45, 7) is 1.93. The van der Waals surface area contributed by atoms with Crippen LogP contribution in [0, 0.1) is 18.6 Å². The Morgan fingerprint density at radius 3 is 2.42 bits per heavy atom. The van der Waals surface area contributed by atoms with Crippen LogP contribution >= 0.6 is 0 Å². The first kappa shape index (κ1) is 11.6. The third-order valence-corrected chi connectivity index (χ3v) is 2.94. The summed E-state index contributed by atoms with van der Waals surface area (Å²) >= 11 is 0. The second kappa shape index (κ2) is 4.05. The van der Waals surface area contributed by atoms with Crippen molar-refractivity contribution in [2.75, 3.05) is 5.73 Å². The number of imidazole rings is 1. The van der Waals surface area contributed by atoms with E-state index in [-0.39, 0.29) is 5.95 Å². The summed E-state index contributed by atoms with van der Waals surface area (Å²) in [4.78, 5) is 4.19. The van der Waals surface area contributed by atoms with Crippen LogP contribution in [0.4, 0.5) is 14.7 Å². The van der Waals surface area contributed by atoms with Gasteiger partial charge in [0.05, 0.1) is 16.7 Å². The first-order valence-electron chi connectivity index (χ1n) is 5.75. The van der Waals surface area contributed by atoms with Gasteiger partial charge in [0.2, 0.25) is 5.95 Å². The lowest BCUT2D eigenvalue weighted by molar-refractivity contribution is 0.582. The zero-order valence-corrected chi connectivity index (χ0v) is 10.2. The summed E-state index contributed by atoms with van der Waals surface area (Å²) in [5.74, 6) is -1.10. The zero-order chi connectivity index (χ0) is 13.6. The average Bonchev–Trinajstić information content (AvgIpc) is 2.63. The van der Waals surface area contributed by atoms with Crippen LogP contribution in [0.1, 0.15) is 5.56 Å². The van der Waals surface area contributed by atoms with Crippen LogP contribution in [0.2, 0.25) is 0 Å². The first-order chi connectivity index (χ1) is 9.04. The predicted molar refractivity (Wildman–Crippen MR) is 70.1 cm³/mol. The number of anilines is 1. The van der Waals surface area contributed by atoms with Crippen molar-refractivity contribution < 1.29 is 8.78 Å².